The molecule has 2 aromatic heterocycles. The van der Waals surface area contributed by atoms with E-state index in [4.69, 9.17) is 4.98 Å². The van der Waals surface area contributed by atoms with E-state index >= 15 is 0 Å². The Morgan fingerprint density at radius 2 is 1.27 bits per heavy atom. The Bertz CT molecular complexity index is 2330. The summed E-state index contributed by atoms with van der Waals surface area (Å²) in [6.45, 7) is 4.61. The van der Waals surface area contributed by atoms with Crippen LogP contribution in [0.4, 0.5) is 0 Å². The summed E-state index contributed by atoms with van der Waals surface area (Å²) in [5.74, 6) is 0. The second-order valence-electron chi connectivity index (χ2n) is 12.5. The fraction of sp³-hybridized carbons (Fsp3) is 0.0667. The van der Waals surface area contributed by atoms with E-state index < -0.39 is 0 Å². The quantitative estimate of drug-likeness (QED) is 0.165. The Kier molecular flexibility index (Phi) is 9.21. The number of pyridine rings is 1. The number of benzene rings is 6. The molecule has 0 saturated carbocycles. The predicted molar refractivity (Wildman–Crippen MR) is 201 cm³/mol. The van der Waals surface area contributed by atoms with Crippen LogP contribution in [0, 0.1) is 12.1 Å². The van der Waals surface area contributed by atoms with Crippen LogP contribution in [-0.2, 0) is 25.5 Å². The summed E-state index contributed by atoms with van der Waals surface area (Å²) in [6.07, 6.45) is 1.92. The van der Waals surface area contributed by atoms with Crippen molar-refractivity contribution in [1.82, 2.24) is 9.97 Å². The molecule has 1 aliphatic carbocycles. The molecule has 0 N–H and O–H groups in total. The summed E-state index contributed by atoms with van der Waals surface area (Å²) in [5.41, 5.74) is 14.2. The molecule has 0 aliphatic heterocycles. The van der Waals surface area contributed by atoms with Gasteiger partial charge in [0, 0.05) is 36.0 Å². The molecule has 0 fully saturated rings. The predicted octanol–water partition coefficient (Wildman–Crippen LogP) is 12.0. The number of para-hydroxylation sites is 1. The Balaban J connectivity index is 0.000000151. The summed E-state index contributed by atoms with van der Waals surface area (Å²) in [6, 6.07) is 59.2. The third kappa shape index (κ3) is 6.44. The van der Waals surface area contributed by atoms with E-state index in [1.165, 1.54) is 43.6 Å². The van der Waals surface area contributed by atoms with Gasteiger partial charge in [-0.3, -0.25) is 4.98 Å². The second-order valence-corrected chi connectivity index (χ2v) is 13.5. The number of hydrogen-bond donors (Lipinski definition) is 0. The van der Waals surface area contributed by atoms with E-state index in [0.717, 1.165) is 32.9 Å². The third-order valence-electron chi connectivity index (χ3n) is 9.09. The maximum atomic E-state index is 4.79. The normalized spacial score (nSPS) is 12.3. The van der Waals surface area contributed by atoms with Crippen LogP contribution < -0.4 is 0 Å². The molecule has 2 heterocycles. The van der Waals surface area contributed by atoms with Crippen LogP contribution in [0.2, 0.25) is 0 Å². The number of aromatic nitrogens is 2. The molecule has 4 heteroatoms. The molecule has 0 unspecified atom stereocenters. The Labute approximate surface area is 305 Å². The van der Waals surface area contributed by atoms with Gasteiger partial charge in [-0.15, -0.1) is 64.7 Å². The Hall–Kier alpha value is -4.99. The molecule has 9 rings (SSSR count). The van der Waals surface area contributed by atoms with Crippen LogP contribution >= 0.6 is 11.3 Å². The first-order chi connectivity index (χ1) is 23.5. The van der Waals surface area contributed by atoms with Crippen molar-refractivity contribution in [2.24, 2.45) is 0 Å². The zero-order valence-corrected chi connectivity index (χ0v) is 30.4. The van der Waals surface area contributed by atoms with Crippen molar-refractivity contribution in [3.63, 3.8) is 0 Å². The molecular formula is C45H32IrN2S-2. The van der Waals surface area contributed by atoms with Crippen molar-refractivity contribution >= 4 is 21.6 Å². The molecule has 239 valence electrons. The number of nitrogens with zero attached hydrogens (tertiary/aromatic N) is 2. The van der Waals surface area contributed by atoms with Gasteiger partial charge in [-0.1, -0.05) is 134 Å². The zero-order chi connectivity index (χ0) is 32.5. The third-order valence-corrected chi connectivity index (χ3v) is 10.2. The minimum Gasteiger partial charge on any atom is -0.304 e. The minimum atomic E-state index is 0. The van der Waals surface area contributed by atoms with Gasteiger partial charge in [-0.2, -0.15) is 11.3 Å². The molecule has 0 amide bonds. The SMILES string of the molecule is CC1(C)c2ccccc2-c2c[c-]c(-c3nc4ccccc4s3)cc21.[Ir].[c-]1ccc(-c2ccccc2)cc1-c1ccc(-c2ccccc2)cn1. The first-order valence-electron chi connectivity index (χ1n) is 16.2. The van der Waals surface area contributed by atoms with E-state index in [1.807, 2.05) is 42.6 Å². The van der Waals surface area contributed by atoms with Crippen LogP contribution in [0.5, 0.6) is 0 Å². The van der Waals surface area contributed by atoms with E-state index in [2.05, 4.69) is 146 Å². The van der Waals surface area contributed by atoms with Gasteiger partial charge in [0.15, 0.2) is 0 Å². The van der Waals surface area contributed by atoms with E-state index in [0.29, 0.717) is 0 Å². The van der Waals surface area contributed by atoms with Crippen molar-refractivity contribution < 1.29 is 20.1 Å². The molecule has 49 heavy (non-hydrogen) atoms. The molecule has 0 atom stereocenters. The van der Waals surface area contributed by atoms with Gasteiger partial charge in [0.2, 0.25) is 0 Å². The number of hydrogen-bond acceptors (Lipinski definition) is 3. The smallest absolute Gasteiger partial charge is 0.0697 e. The summed E-state index contributed by atoms with van der Waals surface area (Å²) >= 11 is 1.74. The monoisotopic (exact) mass is 825 g/mol. The van der Waals surface area contributed by atoms with Gasteiger partial charge in [0.25, 0.3) is 0 Å². The van der Waals surface area contributed by atoms with Crippen LogP contribution in [0.15, 0.2) is 158 Å². The summed E-state index contributed by atoms with van der Waals surface area (Å²) in [5, 5.41) is 1.05. The molecule has 8 aromatic rings. The molecule has 1 radical (unpaired) electrons. The van der Waals surface area contributed by atoms with E-state index in [9.17, 15) is 0 Å². The van der Waals surface area contributed by atoms with Gasteiger partial charge >= 0.3 is 0 Å². The van der Waals surface area contributed by atoms with Gasteiger partial charge in [-0.25, -0.2) is 0 Å². The van der Waals surface area contributed by atoms with Crippen LogP contribution in [-0.4, -0.2) is 9.97 Å². The van der Waals surface area contributed by atoms with Gasteiger partial charge < -0.3 is 4.98 Å². The Morgan fingerprint density at radius 1 is 0.571 bits per heavy atom. The van der Waals surface area contributed by atoms with Crippen molar-refractivity contribution in [2.45, 2.75) is 19.3 Å². The first-order valence-corrected chi connectivity index (χ1v) is 17.0. The van der Waals surface area contributed by atoms with Crippen molar-refractivity contribution in [2.75, 3.05) is 0 Å². The topological polar surface area (TPSA) is 25.8 Å². The van der Waals surface area contributed by atoms with Gasteiger partial charge in [-0.05, 0) is 45.5 Å². The number of thiazole rings is 1. The fourth-order valence-corrected chi connectivity index (χ4v) is 7.47. The molecule has 1 aliphatic rings. The Morgan fingerprint density at radius 3 is 2.00 bits per heavy atom. The molecular weight excluding hydrogens is 793 g/mol. The summed E-state index contributed by atoms with van der Waals surface area (Å²) in [7, 11) is 0. The van der Waals surface area contributed by atoms with E-state index in [1.54, 1.807) is 11.3 Å². The second kappa shape index (κ2) is 13.9. The average Bonchev–Trinajstić information content (AvgIpc) is 3.69. The molecule has 0 bridgehead atoms. The largest absolute Gasteiger partial charge is 0.304 e. The average molecular weight is 825 g/mol. The van der Waals surface area contributed by atoms with Crippen LogP contribution in [0.25, 0.3) is 65.4 Å². The fourth-order valence-electron chi connectivity index (χ4n) is 6.53. The number of rotatable bonds is 4. The first kappa shape index (κ1) is 32.6. The number of fused-ring (bicyclic) bond motifs is 4. The van der Waals surface area contributed by atoms with Gasteiger partial charge in [0.05, 0.1) is 5.52 Å². The molecule has 6 aromatic carbocycles. The summed E-state index contributed by atoms with van der Waals surface area (Å²) in [4.78, 5) is 9.42. The molecule has 0 saturated heterocycles. The van der Waals surface area contributed by atoms with E-state index in [-0.39, 0.29) is 25.5 Å². The maximum Gasteiger partial charge on any atom is 0.0697 e. The van der Waals surface area contributed by atoms with Gasteiger partial charge in [0.1, 0.15) is 0 Å². The minimum absolute atomic E-state index is 0. The van der Waals surface area contributed by atoms with Crippen molar-refractivity contribution in [1.29, 1.82) is 0 Å². The maximum absolute atomic E-state index is 4.79. The summed E-state index contributed by atoms with van der Waals surface area (Å²) < 4.78 is 1.23. The molecule has 0 spiro atoms. The van der Waals surface area contributed by atoms with Crippen molar-refractivity contribution in [3.8, 4) is 55.2 Å². The van der Waals surface area contributed by atoms with Crippen LogP contribution in [0.3, 0.4) is 0 Å². The van der Waals surface area contributed by atoms with Crippen LogP contribution in [0.1, 0.15) is 25.0 Å². The standard InChI is InChI=1S/C23H16N.C22H16NS.Ir/c1-3-8-18(9-4-1)20-12-7-13-21(16-20)23-15-14-22(17-24-23)19-10-5-2-6-11-19;1-22(2)17-8-4-3-7-15(17)16-12-11-14(13-18(16)22)21-23-19-9-5-6-10-20(19)24-21;/h1-12,14-17H;3-10,12-13H,1-2H3;/q2*-1;. The molecule has 2 nitrogen and oxygen atoms in total. The zero-order valence-electron chi connectivity index (χ0n) is 27.1. The van der Waals surface area contributed by atoms with Crippen molar-refractivity contribution in [3.05, 3.63) is 181 Å².